The zero-order chi connectivity index (χ0) is 19.5. The first-order chi connectivity index (χ1) is 13.6. The molecule has 3 heterocycles. The highest BCUT2D eigenvalue weighted by Crippen LogP contribution is 2.30. The Morgan fingerprint density at radius 3 is 2.29 bits per heavy atom. The third-order valence-electron chi connectivity index (χ3n) is 6.68. The van der Waals surface area contributed by atoms with Crippen LogP contribution in [0.2, 0.25) is 0 Å². The topological polar surface area (TPSA) is 73.4 Å². The van der Waals surface area contributed by atoms with Crippen molar-refractivity contribution in [2.45, 2.75) is 38.1 Å². The number of likely N-dealkylation sites (tertiary alicyclic amines) is 1. The molecule has 0 unspecified atom stereocenters. The number of nitrogens with zero attached hydrogens (tertiary/aromatic N) is 4. The van der Waals surface area contributed by atoms with E-state index in [1.165, 1.54) is 12.8 Å². The van der Waals surface area contributed by atoms with Gasteiger partial charge in [0, 0.05) is 58.3 Å². The second-order valence-electron chi connectivity index (χ2n) is 8.48. The third kappa shape index (κ3) is 4.33. The van der Waals surface area contributed by atoms with E-state index < -0.39 is 0 Å². The van der Waals surface area contributed by atoms with Crippen molar-refractivity contribution < 1.29 is 19.1 Å². The van der Waals surface area contributed by atoms with Crippen LogP contribution in [0.4, 0.5) is 0 Å². The summed E-state index contributed by atoms with van der Waals surface area (Å²) in [7, 11) is 0. The Hall–Kier alpha value is -1.67. The average molecular weight is 393 g/mol. The van der Waals surface area contributed by atoms with E-state index in [4.69, 9.17) is 4.74 Å². The minimum Gasteiger partial charge on any atom is -0.378 e. The summed E-state index contributed by atoms with van der Waals surface area (Å²) in [6.07, 6.45) is 4.92. The lowest BCUT2D eigenvalue weighted by Crippen LogP contribution is -2.53. The predicted molar refractivity (Wildman–Crippen MR) is 102 cm³/mol. The summed E-state index contributed by atoms with van der Waals surface area (Å²) in [5.74, 6) is 0.235. The Kier molecular flexibility index (Phi) is 6.16. The maximum atomic E-state index is 12.9. The summed E-state index contributed by atoms with van der Waals surface area (Å²) >= 11 is 0. The first-order valence-electron chi connectivity index (χ1n) is 10.8. The Labute approximate surface area is 166 Å². The van der Waals surface area contributed by atoms with Crippen molar-refractivity contribution >= 4 is 17.7 Å². The van der Waals surface area contributed by atoms with Gasteiger partial charge >= 0.3 is 0 Å². The lowest BCUT2D eigenvalue weighted by atomic mass is 10.1. The van der Waals surface area contributed by atoms with E-state index in [2.05, 4.69) is 4.90 Å². The molecule has 3 amide bonds. The molecule has 0 aromatic heterocycles. The van der Waals surface area contributed by atoms with Gasteiger partial charge in [0.15, 0.2) is 0 Å². The predicted octanol–water partition coefficient (Wildman–Crippen LogP) is -0.219. The quantitative estimate of drug-likeness (QED) is 0.661. The number of carbonyl (C=O) groups excluding carboxylic acids is 3. The van der Waals surface area contributed by atoms with Crippen LogP contribution in [-0.2, 0) is 19.1 Å². The maximum absolute atomic E-state index is 12.9. The molecule has 3 saturated heterocycles. The number of rotatable bonds is 4. The molecule has 8 nitrogen and oxygen atoms in total. The van der Waals surface area contributed by atoms with Crippen molar-refractivity contribution in [1.82, 2.24) is 19.6 Å². The molecular formula is C20H32N4O4. The molecule has 4 rings (SSSR count). The van der Waals surface area contributed by atoms with Gasteiger partial charge in [-0.05, 0) is 12.8 Å². The normalized spacial score (nSPS) is 27.6. The van der Waals surface area contributed by atoms with Gasteiger partial charge in [0.05, 0.1) is 25.7 Å². The first-order valence-corrected chi connectivity index (χ1v) is 10.8. The molecule has 156 valence electrons. The van der Waals surface area contributed by atoms with Gasteiger partial charge in [-0.3, -0.25) is 19.3 Å². The van der Waals surface area contributed by atoms with Crippen molar-refractivity contribution in [3.8, 4) is 0 Å². The second-order valence-corrected chi connectivity index (χ2v) is 8.48. The Bertz CT molecular complexity index is 593. The van der Waals surface area contributed by atoms with Crippen LogP contribution in [-0.4, -0.2) is 109 Å². The highest BCUT2D eigenvalue weighted by Gasteiger charge is 2.40. The molecule has 0 aromatic rings. The fourth-order valence-corrected chi connectivity index (χ4v) is 4.95. The molecule has 0 radical (unpaired) electrons. The number of morpholine rings is 1. The molecule has 3 aliphatic heterocycles. The number of ether oxygens (including phenoxy) is 1. The van der Waals surface area contributed by atoms with Crippen LogP contribution in [0.15, 0.2) is 0 Å². The van der Waals surface area contributed by atoms with Crippen molar-refractivity contribution in [3.05, 3.63) is 0 Å². The van der Waals surface area contributed by atoms with Crippen LogP contribution in [0, 0.1) is 5.92 Å². The van der Waals surface area contributed by atoms with Crippen LogP contribution < -0.4 is 0 Å². The Morgan fingerprint density at radius 1 is 0.929 bits per heavy atom. The van der Waals surface area contributed by atoms with E-state index in [0.717, 1.165) is 25.9 Å². The zero-order valence-corrected chi connectivity index (χ0v) is 16.7. The lowest BCUT2D eigenvalue weighted by Gasteiger charge is -2.37. The monoisotopic (exact) mass is 392 g/mol. The first kappa shape index (κ1) is 19.6. The molecule has 4 aliphatic rings. The van der Waals surface area contributed by atoms with Crippen LogP contribution in [0.25, 0.3) is 0 Å². The summed E-state index contributed by atoms with van der Waals surface area (Å²) in [5, 5.41) is 0. The lowest BCUT2D eigenvalue weighted by molar-refractivity contribution is -0.139. The molecule has 0 aromatic carbocycles. The van der Waals surface area contributed by atoms with E-state index in [1.54, 1.807) is 0 Å². The van der Waals surface area contributed by atoms with Gasteiger partial charge in [0.1, 0.15) is 0 Å². The minimum absolute atomic E-state index is 0.119. The van der Waals surface area contributed by atoms with Crippen LogP contribution in [0.5, 0.6) is 0 Å². The highest BCUT2D eigenvalue weighted by atomic mass is 16.5. The van der Waals surface area contributed by atoms with Crippen LogP contribution in [0.1, 0.15) is 32.1 Å². The Morgan fingerprint density at radius 2 is 1.61 bits per heavy atom. The minimum atomic E-state index is -0.186. The van der Waals surface area contributed by atoms with Gasteiger partial charge in [-0.25, -0.2) is 0 Å². The van der Waals surface area contributed by atoms with E-state index >= 15 is 0 Å². The van der Waals surface area contributed by atoms with Gasteiger partial charge in [0.25, 0.3) is 0 Å². The smallest absolute Gasteiger partial charge is 0.236 e. The van der Waals surface area contributed by atoms with Crippen molar-refractivity contribution in [1.29, 1.82) is 0 Å². The van der Waals surface area contributed by atoms with Crippen molar-refractivity contribution in [2.24, 2.45) is 5.92 Å². The van der Waals surface area contributed by atoms with E-state index in [9.17, 15) is 14.4 Å². The van der Waals surface area contributed by atoms with Crippen LogP contribution in [0.3, 0.4) is 0 Å². The molecule has 8 heteroatoms. The van der Waals surface area contributed by atoms with Crippen molar-refractivity contribution in [2.75, 3.05) is 65.6 Å². The molecule has 4 fully saturated rings. The van der Waals surface area contributed by atoms with Crippen LogP contribution >= 0.6 is 0 Å². The summed E-state index contributed by atoms with van der Waals surface area (Å²) in [6, 6.07) is 0.355. The number of hydrogen-bond acceptors (Lipinski definition) is 5. The molecule has 1 saturated carbocycles. The average Bonchev–Trinajstić information content (AvgIpc) is 3.38. The van der Waals surface area contributed by atoms with Crippen molar-refractivity contribution in [3.63, 3.8) is 0 Å². The molecule has 0 N–H and O–H groups in total. The number of piperazine rings is 1. The summed E-state index contributed by atoms with van der Waals surface area (Å²) < 4.78 is 5.30. The fourth-order valence-electron chi connectivity index (χ4n) is 4.95. The van der Waals surface area contributed by atoms with Gasteiger partial charge in [0.2, 0.25) is 17.7 Å². The van der Waals surface area contributed by atoms with E-state index in [1.807, 2.05) is 14.7 Å². The number of hydrogen-bond donors (Lipinski definition) is 0. The van der Waals surface area contributed by atoms with Gasteiger partial charge in [-0.2, -0.15) is 0 Å². The van der Waals surface area contributed by atoms with Gasteiger partial charge in [-0.1, -0.05) is 12.8 Å². The SMILES string of the molecule is O=C(CN1CCN(C(=O)[C@@H]2CC(=O)N(C3CCCC3)C2)CC1)N1CCOCC1. The molecule has 28 heavy (non-hydrogen) atoms. The molecule has 0 spiro atoms. The van der Waals surface area contributed by atoms with Gasteiger partial charge in [-0.15, -0.1) is 0 Å². The molecular weight excluding hydrogens is 360 g/mol. The second kappa shape index (κ2) is 8.78. The zero-order valence-electron chi connectivity index (χ0n) is 16.7. The number of carbonyl (C=O) groups is 3. The molecule has 0 bridgehead atoms. The summed E-state index contributed by atoms with van der Waals surface area (Å²) in [6.45, 7) is 6.31. The summed E-state index contributed by atoms with van der Waals surface area (Å²) in [4.78, 5) is 45.5. The Balaban J connectivity index is 1.23. The third-order valence-corrected chi connectivity index (χ3v) is 6.68. The standard InChI is InChI=1S/C20H32N4O4/c25-18-13-16(14-24(18)17-3-1-2-4-17)20(27)23-7-5-21(6-8-23)15-19(26)22-9-11-28-12-10-22/h16-17H,1-15H2/t16-/m1/s1. The van der Waals surface area contributed by atoms with E-state index in [-0.39, 0.29) is 23.6 Å². The number of amides is 3. The molecule has 1 atom stereocenters. The van der Waals surface area contributed by atoms with Gasteiger partial charge < -0.3 is 19.4 Å². The van der Waals surface area contributed by atoms with E-state index in [0.29, 0.717) is 64.9 Å². The summed E-state index contributed by atoms with van der Waals surface area (Å²) in [5.41, 5.74) is 0. The maximum Gasteiger partial charge on any atom is 0.236 e. The largest absolute Gasteiger partial charge is 0.378 e. The fraction of sp³-hybridized carbons (Fsp3) is 0.850. The molecule has 1 aliphatic carbocycles. The highest BCUT2D eigenvalue weighted by molar-refractivity contribution is 5.89.